The van der Waals surface area contributed by atoms with Crippen LogP contribution in [0.5, 0.6) is 0 Å². The summed E-state index contributed by atoms with van der Waals surface area (Å²) in [4.78, 5) is 0. The monoisotopic (exact) mass is 361 g/mol. The molecule has 0 saturated heterocycles. The molecule has 1 aromatic rings. The van der Waals surface area contributed by atoms with Gasteiger partial charge >= 0.3 is 0 Å². The molecule has 0 heterocycles. The molecule has 1 atom stereocenters. The first kappa shape index (κ1) is 17.5. The molecule has 4 fully saturated rings. The standard InChI is InChI=1S/C21H31NO2S/c1-2-6-20(22-25(23,24)15-16-7-4-3-5-8-16)21-12-17-9-18(13-21)11-19(10-17)14-21/h3-5,7-8,17-20,22H,2,6,9-15H2,1H3. The molecule has 1 N–H and O–H groups in total. The lowest BCUT2D eigenvalue weighted by atomic mass is 9.47. The van der Waals surface area contributed by atoms with E-state index in [2.05, 4.69) is 11.6 Å². The third-order valence-electron chi connectivity index (χ3n) is 6.92. The SMILES string of the molecule is CCCC(NS(=O)(=O)Cc1ccccc1)C12CC3CC(CC(C3)C1)C2. The van der Waals surface area contributed by atoms with E-state index in [0.29, 0.717) is 0 Å². The maximum Gasteiger partial charge on any atom is 0.216 e. The van der Waals surface area contributed by atoms with Crippen LogP contribution in [0.4, 0.5) is 0 Å². The smallest absolute Gasteiger partial charge is 0.212 e. The summed E-state index contributed by atoms with van der Waals surface area (Å²) in [5, 5.41) is 0. The van der Waals surface area contributed by atoms with E-state index in [1.54, 1.807) is 0 Å². The van der Waals surface area contributed by atoms with Gasteiger partial charge in [0, 0.05) is 6.04 Å². The van der Waals surface area contributed by atoms with Crippen LogP contribution in [0, 0.1) is 23.2 Å². The van der Waals surface area contributed by atoms with Crippen molar-refractivity contribution in [1.29, 1.82) is 0 Å². The van der Waals surface area contributed by atoms with Gasteiger partial charge in [-0.3, -0.25) is 0 Å². The minimum Gasteiger partial charge on any atom is -0.212 e. The Bertz CT molecular complexity index is 663. The Morgan fingerprint density at radius 2 is 1.60 bits per heavy atom. The average molecular weight is 362 g/mol. The summed E-state index contributed by atoms with van der Waals surface area (Å²) in [6.45, 7) is 2.18. The van der Waals surface area contributed by atoms with E-state index >= 15 is 0 Å². The molecular formula is C21H31NO2S. The van der Waals surface area contributed by atoms with Crippen molar-refractivity contribution in [1.82, 2.24) is 4.72 Å². The molecule has 1 aromatic carbocycles. The Kier molecular flexibility index (Phi) is 4.70. The van der Waals surface area contributed by atoms with E-state index in [1.165, 1.54) is 38.5 Å². The van der Waals surface area contributed by atoms with Gasteiger partial charge in [0.1, 0.15) is 0 Å². The molecule has 4 bridgehead atoms. The summed E-state index contributed by atoms with van der Waals surface area (Å²) < 4.78 is 28.9. The Labute approximate surface area is 152 Å². The highest BCUT2D eigenvalue weighted by Gasteiger charge is 2.54. The van der Waals surface area contributed by atoms with Crippen molar-refractivity contribution in [2.75, 3.05) is 0 Å². The van der Waals surface area contributed by atoms with E-state index in [4.69, 9.17) is 0 Å². The molecule has 4 heteroatoms. The summed E-state index contributed by atoms with van der Waals surface area (Å²) >= 11 is 0. The topological polar surface area (TPSA) is 46.2 Å². The lowest BCUT2D eigenvalue weighted by Crippen LogP contribution is -2.56. The maximum absolute atomic E-state index is 12.9. The van der Waals surface area contributed by atoms with Crippen LogP contribution in [0.25, 0.3) is 0 Å². The third-order valence-corrected chi connectivity index (χ3v) is 8.28. The van der Waals surface area contributed by atoms with Gasteiger partial charge in [-0.2, -0.15) is 0 Å². The predicted octanol–water partition coefficient (Wildman–Crippen LogP) is 4.49. The molecule has 4 aliphatic rings. The molecule has 0 radical (unpaired) electrons. The molecule has 1 unspecified atom stereocenters. The molecule has 138 valence electrons. The number of rotatable bonds is 7. The molecule has 25 heavy (non-hydrogen) atoms. The largest absolute Gasteiger partial charge is 0.216 e. The number of hydrogen-bond donors (Lipinski definition) is 1. The van der Waals surface area contributed by atoms with Crippen LogP contribution in [-0.4, -0.2) is 14.5 Å². The molecule has 4 saturated carbocycles. The van der Waals surface area contributed by atoms with E-state index in [0.717, 1.165) is 36.2 Å². The number of sulfonamides is 1. The van der Waals surface area contributed by atoms with Crippen LogP contribution in [-0.2, 0) is 15.8 Å². The molecule has 5 rings (SSSR count). The fraction of sp³-hybridized carbons (Fsp3) is 0.714. The highest BCUT2D eigenvalue weighted by molar-refractivity contribution is 7.88. The van der Waals surface area contributed by atoms with Gasteiger partial charge in [-0.15, -0.1) is 0 Å². The van der Waals surface area contributed by atoms with E-state index in [1.807, 2.05) is 30.3 Å². The van der Waals surface area contributed by atoms with Gasteiger partial charge in [0.25, 0.3) is 0 Å². The Balaban J connectivity index is 1.53. The number of hydrogen-bond acceptors (Lipinski definition) is 2. The minimum atomic E-state index is -3.30. The van der Waals surface area contributed by atoms with Gasteiger partial charge in [-0.1, -0.05) is 43.7 Å². The second-order valence-electron chi connectivity index (χ2n) is 8.98. The van der Waals surface area contributed by atoms with Gasteiger partial charge in [0.15, 0.2) is 0 Å². The third kappa shape index (κ3) is 3.66. The Morgan fingerprint density at radius 3 is 2.12 bits per heavy atom. The first-order chi connectivity index (χ1) is 12.0. The van der Waals surface area contributed by atoms with Gasteiger partial charge < -0.3 is 0 Å². The molecule has 0 amide bonds. The van der Waals surface area contributed by atoms with Crippen LogP contribution in [0.2, 0.25) is 0 Å². The summed E-state index contributed by atoms with van der Waals surface area (Å²) in [6, 6.07) is 9.68. The van der Waals surface area contributed by atoms with Crippen molar-refractivity contribution in [2.24, 2.45) is 23.2 Å². The first-order valence-corrected chi connectivity index (χ1v) is 11.7. The quantitative estimate of drug-likeness (QED) is 0.778. The predicted molar refractivity (Wildman–Crippen MR) is 102 cm³/mol. The van der Waals surface area contributed by atoms with E-state index in [-0.39, 0.29) is 17.2 Å². The highest BCUT2D eigenvalue weighted by atomic mass is 32.2. The van der Waals surface area contributed by atoms with Gasteiger partial charge in [0.05, 0.1) is 5.75 Å². The minimum absolute atomic E-state index is 0.0976. The van der Waals surface area contributed by atoms with E-state index < -0.39 is 10.0 Å². The molecule has 4 aliphatic carbocycles. The van der Waals surface area contributed by atoms with Crippen molar-refractivity contribution in [3.8, 4) is 0 Å². The zero-order valence-corrected chi connectivity index (χ0v) is 16.1. The fourth-order valence-electron chi connectivity index (χ4n) is 6.44. The first-order valence-electron chi connectivity index (χ1n) is 10.0. The van der Waals surface area contributed by atoms with Gasteiger partial charge in [0.2, 0.25) is 10.0 Å². The Morgan fingerprint density at radius 1 is 1.04 bits per heavy atom. The summed E-state index contributed by atoms with van der Waals surface area (Å²) in [7, 11) is -3.30. The number of nitrogens with one attached hydrogen (secondary N) is 1. The zero-order valence-electron chi connectivity index (χ0n) is 15.3. The van der Waals surface area contributed by atoms with Gasteiger partial charge in [-0.05, 0) is 73.7 Å². The molecule has 0 aliphatic heterocycles. The van der Waals surface area contributed by atoms with Crippen LogP contribution in [0.3, 0.4) is 0 Å². The lowest BCUT2D eigenvalue weighted by Gasteiger charge is -2.59. The Hall–Kier alpha value is -0.870. The molecular weight excluding hydrogens is 330 g/mol. The van der Waals surface area contributed by atoms with Crippen molar-refractivity contribution in [3.63, 3.8) is 0 Å². The molecule has 3 nitrogen and oxygen atoms in total. The van der Waals surface area contributed by atoms with Crippen molar-refractivity contribution < 1.29 is 8.42 Å². The van der Waals surface area contributed by atoms with Crippen LogP contribution >= 0.6 is 0 Å². The second-order valence-corrected chi connectivity index (χ2v) is 10.7. The van der Waals surface area contributed by atoms with Crippen LogP contribution in [0.1, 0.15) is 63.9 Å². The average Bonchev–Trinajstić information content (AvgIpc) is 2.53. The zero-order chi connectivity index (χ0) is 17.5. The van der Waals surface area contributed by atoms with Crippen LogP contribution in [0.15, 0.2) is 30.3 Å². The van der Waals surface area contributed by atoms with Crippen LogP contribution < -0.4 is 4.72 Å². The van der Waals surface area contributed by atoms with Crippen molar-refractivity contribution in [3.05, 3.63) is 35.9 Å². The maximum atomic E-state index is 12.9. The molecule has 0 spiro atoms. The normalized spacial score (nSPS) is 35.0. The summed E-state index contributed by atoms with van der Waals surface area (Å²) in [6.07, 6.45) is 9.95. The molecule has 0 aromatic heterocycles. The van der Waals surface area contributed by atoms with Gasteiger partial charge in [-0.25, -0.2) is 13.1 Å². The van der Waals surface area contributed by atoms with E-state index in [9.17, 15) is 8.42 Å². The summed E-state index contributed by atoms with van der Waals surface area (Å²) in [5.74, 6) is 2.65. The van der Waals surface area contributed by atoms with Crippen molar-refractivity contribution >= 4 is 10.0 Å². The van der Waals surface area contributed by atoms with Crippen molar-refractivity contribution in [2.45, 2.75) is 70.1 Å². The number of benzene rings is 1. The second kappa shape index (κ2) is 6.70. The fourth-order valence-corrected chi connectivity index (χ4v) is 7.95. The lowest BCUT2D eigenvalue weighted by molar-refractivity contribution is -0.0713. The summed E-state index contributed by atoms with van der Waals surface area (Å²) in [5.41, 5.74) is 1.10. The highest BCUT2D eigenvalue weighted by Crippen LogP contribution is 2.61.